The van der Waals surface area contributed by atoms with Gasteiger partial charge in [-0.25, -0.2) is 4.98 Å². The van der Waals surface area contributed by atoms with Gasteiger partial charge in [-0.05, 0) is 29.8 Å². The van der Waals surface area contributed by atoms with Gasteiger partial charge in [-0.3, -0.25) is 0 Å². The monoisotopic (exact) mass is 378 g/mol. The number of benzene rings is 2. The first-order valence-corrected chi connectivity index (χ1v) is 8.04. The zero-order valence-electron chi connectivity index (χ0n) is 13.4. The molecule has 134 valence electrons. The van der Waals surface area contributed by atoms with Crippen LogP contribution in [0.3, 0.4) is 0 Å². The van der Waals surface area contributed by atoms with Gasteiger partial charge >= 0.3 is 6.18 Å². The van der Waals surface area contributed by atoms with Crippen LogP contribution in [0, 0.1) is 0 Å². The first-order valence-electron chi connectivity index (χ1n) is 7.66. The number of rotatable bonds is 5. The van der Waals surface area contributed by atoms with Crippen LogP contribution in [0.25, 0.3) is 0 Å². The normalized spacial score (nSPS) is 11.2. The molecule has 0 amide bonds. The van der Waals surface area contributed by atoms with E-state index >= 15 is 0 Å². The molecule has 0 aliphatic carbocycles. The molecular weight excluding hydrogens is 365 g/mol. The van der Waals surface area contributed by atoms with Crippen LogP contribution in [0.4, 0.5) is 30.6 Å². The minimum Gasteiger partial charge on any atom is -0.366 e. The maximum Gasteiger partial charge on any atom is 0.418 e. The Kier molecular flexibility index (Phi) is 5.27. The van der Waals surface area contributed by atoms with E-state index in [1.54, 1.807) is 6.07 Å². The maximum atomic E-state index is 13.2. The molecule has 0 aliphatic rings. The maximum absolute atomic E-state index is 13.2. The summed E-state index contributed by atoms with van der Waals surface area (Å²) < 4.78 is 39.5. The van der Waals surface area contributed by atoms with Crippen LogP contribution in [-0.4, -0.2) is 9.97 Å². The predicted octanol–water partition coefficient (Wildman–Crippen LogP) is 5.50. The van der Waals surface area contributed by atoms with E-state index in [9.17, 15) is 13.2 Å². The second-order valence-electron chi connectivity index (χ2n) is 5.42. The zero-order chi connectivity index (χ0) is 18.6. The molecule has 2 N–H and O–H groups in total. The topological polar surface area (TPSA) is 49.8 Å². The summed E-state index contributed by atoms with van der Waals surface area (Å²) >= 11 is 5.68. The molecular formula is C18H14ClF3N4. The molecule has 0 atom stereocenters. The minimum absolute atomic E-state index is 0.00192. The third-order valence-electron chi connectivity index (χ3n) is 3.51. The number of anilines is 3. The molecule has 26 heavy (non-hydrogen) atoms. The van der Waals surface area contributed by atoms with Gasteiger partial charge in [-0.2, -0.15) is 18.2 Å². The summed E-state index contributed by atoms with van der Waals surface area (Å²) in [6, 6.07) is 14.8. The van der Waals surface area contributed by atoms with Gasteiger partial charge < -0.3 is 10.6 Å². The molecule has 0 saturated carbocycles. The lowest BCUT2D eigenvalue weighted by Crippen LogP contribution is -2.10. The number of aromatic nitrogens is 2. The highest BCUT2D eigenvalue weighted by Crippen LogP contribution is 2.37. The Morgan fingerprint density at radius 3 is 2.50 bits per heavy atom. The Balaban J connectivity index is 1.77. The second kappa shape index (κ2) is 7.61. The van der Waals surface area contributed by atoms with Crippen molar-refractivity contribution in [3.8, 4) is 0 Å². The molecule has 8 heteroatoms. The molecule has 0 unspecified atom stereocenters. The summed E-state index contributed by atoms with van der Waals surface area (Å²) in [5.41, 5.74) is 0.0102. The Morgan fingerprint density at radius 2 is 1.77 bits per heavy atom. The second-order valence-corrected chi connectivity index (χ2v) is 5.85. The quantitative estimate of drug-likeness (QED) is 0.615. The summed E-state index contributed by atoms with van der Waals surface area (Å²) in [4.78, 5) is 8.17. The first kappa shape index (κ1) is 18.0. The summed E-state index contributed by atoms with van der Waals surface area (Å²) in [5, 5.41) is 5.71. The molecule has 1 heterocycles. The van der Waals surface area contributed by atoms with Gasteiger partial charge in [0.15, 0.2) is 0 Å². The van der Waals surface area contributed by atoms with Crippen LogP contribution in [-0.2, 0) is 12.7 Å². The van der Waals surface area contributed by atoms with Crippen LogP contribution >= 0.6 is 11.6 Å². The Morgan fingerprint density at radius 1 is 1.00 bits per heavy atom. The van der Waals surface area contributed by atoms with Crippen molar-refractivity contribution in [1.29, 1.82) is 0 Å². The van der Waals surface area contributed by atoms with Crippen LogP contribution in [0.15, 0.2) is 60.8 Å². The van der Waals surface area contributed by atoms with Gasteiger partial charge in [-0.15, -0.1) is 0 Å². The Labute approximate surface area is 153 Å². The fourth-order valence-electron chi connectivity index (χ4n) is 2.29. The molecule has 2 aromatic carbocycles. The third kappa shape index (κ3) is 4.64. The molecule has 0 saturated heterocycles. The smallest absolute Gasteiger partial charge is 0.366 e. The Bertz CT molecular complexity index is 885. The van der Waals surface area contributed by atoms with Crippen LogP contribution < -0.4 is 10.6 Å². The lowest BCUT2D eigenvalue weighted by molar-refractivity contribution is -0.136. The zero-order valence-corrected chi connectivity index (χ0v) is 14.1. The van der Waals surface area contributed by atoms with E-state index in [1.807, 2.05) is 30.3 Å². The van der Waals surface area contributed by atoms with Gasteiger partial charge in [0.2, 0.25) is 5.95 Å². The van der Waals surface area contributed by atoms with Gasteiger partial charge in [0.05, 0.1) is 11.3 Å². The van der Waals surface area contributed by atoms with Gasteiger partial charge in [0.1, 0.15) is 5.82 Å². The molecule has 0 radical (unpaired) electrons. The van der Waals surface area contributed by atoms with Crippen LogP contribution in [0.2, 0.25) is 5.02 Å². The van der Waals surface area contributed by atoms with Crippen LogP contribution in [0.5, 0.6) is 0 Å². The van der Waals surface area contributed by atoms with E-state index in [-0.39, 0.29) is 16.7 Å². The SMILES string of the molecule is FC(F)(F)c1cc(Cl)ccc1Nc1nccc(NCc2ccccc2)n1. The molecule has 0 fully saturated rings. The number of hydrogen-bond acceptors (Lipinski definition) is 4. The molecule has 0 spiro atoms. The van der Waals surface area contributed by atoms with Gasteiger partial charge in [-0.1, -0.05) is 41.9 Å². The third-order valence-corrected chi connectivity index (χ3v) is 3.74. The van der Waals surface area contributed by atoms with E-state index in [4.69, 9.17) is 11.6 Å². The predicted molar refractivity (Wildman–Crippen MR) is 95.5 cm³/mol. The largest absolute Gasteiger partial charge is 0.418 e. The molecule has 3 rings (SSSR count). The number of hydrogen-bond donors (Lipinski definition) is 2. The average molecular weight is 379 g/mol. The number of alkyl halides is 3. The van der Waals surface area contributed by atoms with Crippen molar-refractivity contribution in [3.05, 3.63) is 76.9 Å². The lowest BCUT2D eigenvalue weighted by atomic mass is 10.1. The average Bonchev–Trinajstić information content (AvgIpc) is 2.62. The van der Waals surface area contributed by atoms with Crippen molar-refractivity contribution in [2.45, 2.75) is 12.7 Å². The first-order chi connectivity index (χ1) is 12.4. The van der Waals surface area contributed by atoms with Crippen LogP contribution in [0.1, 0.15) is 11.1 Å². The van der Waals surface area contributed by atoms with E-state index < -0.39 is 11.7 Å². The molecule has 0 bridgehead atoms. The summed E-state index contributed by atoms with van der Waals surface area (Å²) in [5.74, 6) is 0.546. The number of halogens is 4. The van der Waals surface area contributed by atoms with Crippen molar-refractivity contribution >= 4 is 29.1 Å². The Hall–Kier alpha value is -2.80. The van der Waals surface area contributed by atoms with E-state index in [0.29, 0.717) is 12.4 Å². The lowest BCUT2D eigenvalue weighted by Gasteiger charge is -2.14. The van der Waals surface area contributed by atoms with Crippen molar-refractivity contribution in [3.63, 3.8) is 0 Å². The highest BCUT2D eigenvalue weighted by Gasteiger charge is 2.34. The fourth-order valence-corrected chi connectivity index (χ4v) is 2.46. The van der Waals surface area contributed by atoms with Crippen molar-refractivity contribution in [2.24, 2.45) is 0 Å². The fraction of sp³-hybridized carbons (Fsp3) is 0.111. The molecule has 1 aromatic heterocycles. The van der Waals surface area contributed by atoms with E-state index in [2.05, 4.69) is 20.6 Å². The minimum atomic E-state index is -4.55. The molecule has 3 aromatic rings. The summed E-state index contributed by atoms with van der Waals surface area (Å²) in [7, 11) is 0. The van der Waals surface area contributed by atoms with Crippen molar-refractivity contribution < 1.29 is 13.2 Å². The van der Waals surface area contributed by atoms with E-state index in [0.717, 1.165) is 11.6 Å². The number of nitrogens with zero attached hydrogens (tertiary/aromatic N) is 2. The van der Waals surface area contributed by atoms with E-state index in [1.165, 1.54) is 18.3 Å². The highest BCUT2D eigenvalue weighted by atomic mass is 35.5. The highest BCUT2D eigenvalue weighted by molar-refractivity contribution is 6.30. The standard InChI is InChI=1S/C18H14ClF3N4/c19-13-6-7-15(14(10-13)18(20,21)22)25-17-23-9-8-16(26-17)24-11-12-4-2-1-3-5-12/h1-10H,11H2,(H2,23,24,25,26). The van der Waals surface area contributed by atoms with Gasteiger partial charge in [0, 0.05) is 17.8 Å². The number of nitrogens with one attached hydrogen (secondary N) is 2. The summed E-state index contributed by atoms with van der Waals surface area (Å²) in [6.45, 7) is 0.534. The van der Waals surface area contributed by atoms with Crippen molar-refractivity contribution in [1.82, 2.24) is 9.97 Å². The molecule has 4 nitrogen and oxygen atoms in total. The van der Waals surface area contributed by atoms with Crippen molar-refractivity contribution in [2.75, 3.05) is 10.6 Å². The van der Waals surface area contributed by atoms with Gasteiger partial charge in [0.25, 0.3) is 0 Å². The summed E-state index contributed by atoms with van der Waals surface area (Å²) in [6.07, 6.45) is -3.08. The molecule has 0 aliphatic heterocycles.